The number of carbonyl (C=O) groups excluding carboxylic acids is 1. The van der Waals surface area contributed by atoms with Crippen LogP contribution in [0.2, 0.25) is 0 Å². The van der Waals surface area contributed by atoms with Crippen LogP contribution in [0.1, 0.15) is 15.2 Å². The molecule has 0 unspecified atom stereocenters. The van der Waals surface area contributed by atoms with Crippen molar-refractivity contribution in [3.63, 3.8) is 0 Å². The Balaban J connectivity index is 1.61. The largest absolute Gasteiger partial charge is 0.416 e. The summed E-state index contributed by atoms with van der Waals surface area (Å²) in [7, 11) is 0. The van der Waals surface area contributed by atoms with Crippen molar-refractivity contribution in [2.45, 2.75) is 6.18 Å². The molecule has 4 nitrogen and oxygen atoms in total. The molecule has 152 valence electrons. The predicted octanol–water partition coefficient (Wildman–Crippen LogP) is 5.96. The van der Waals surface area contributed by atoms with E-state index in [1.165, 1.54) is 24.3 Å². The maximum Gasteiger partial charge on any atom is 0.416 e. The lowest BCUT2D eigenvalue weighted by Gasteiger charge is -2.08. The Labute approximate surface area is 172 Å². The highest BCUT2D eigenvalue weighted by Gasteiger charge is 2.30. The van der Waals surface area contributed by atoms with Gasteiger partial charge in [0.25, 0.3) is 5.91 Å². The van der Waals surface area contributed by atoms with Gasteiger partial charge in [0.1, 0.15) is 15.5 Å². The molecule has 9 heteroatoms. The first-order valence-electron chi connectivity index (χ1n) is 8.66. The number of pyridine rings is 1. The molecule has 2 aromatic heterocycles. The molecule has 1 amide bonds. The van der Waals surface area contributed by atoms with E-state index in [1.807, 2.05) is 0 Å². The number of rotatable bonds is 3. The number of amides is 1. The zero-order valence-corrected chi connectivity index (χ0v) is 15.9. The molecule has 0 spiro atoms. The van der Waals surface area contributed by atoms with Crippen LogP contribution < -0.4 is 11.1 Å². The average Bonchev–Trinajstić information content (AvgIpc) is 3.04. The molecule has 2 aromatic carbocycles. The van der Waals surface area contributed by atoms with Crippen molar-refractivity contribution in [2.75, 3.05) is 11.1 Å². The second kappa shape index (κ2) is 7.42. The number of nitrogens with zero attached hydrogens (tertiary/aromatic N) is 1. The van der Waals surface area contributed by atoms with E-state index >= 15 is 0 Å². The zero-order valence-electron chi connectivity index (χ0n) is 15.1. The van der Waals surface area contributed by atoms with Crippen LogP contribution in [0.3, 0.4) is 0 Å². The van der Waals surface area contributed by atoms with Crippen LogP contribution in [-0.4, -0.2) is 10.9 Å². The fourth-order valence-corrected chi connectivity index (χ4v) is 3.87. The summed E-state index contributed by atoms with van der Waals surface area (Å²) in [6.45, 7) is 0. The average molecular weight is 431 g/mol. The minimum Gasteiger partial charge on any atom is -0.397 e. The Hall–Kier alpha value is -3.46. The molecule has 0 saturated heterocycles. The van der Waals surface area contributed by atoms with Crippen LogP contribution in [-0.2, 0) is 6.18 Å². The first-order chi connectivity index (χ1) is 14.2. The van der Waals surface area contributed by atoms with Gasteiger partial charge >= 0.3 is 6.18 Å². The van der Waals surface area contributed by atoms with Crippen LogP contribution in [0.15, 0.2) is 60.7 Å². The van der Waals surface area contributed by atoms with Gasteiger partial charge in [-0.05, 0) is 60.7 Å². The highest BCUT2D eigenvalue weighted by molar-refractivity contribution is 7.21. The third kappa shape index (κ3) is 3.84. The van der Waals surface area contributed by atoms with Crippen LogP contribution in [0.4, 0.5) is 28.9 Å². The number of benzene rings is 2. The third-order valence-electron chi connectivity index (χ3n) is 4.41. The van der Waals surface area contributed by atoms with Gasteiger partial charge in [-0.15, -0.1) is 11.3 Å². The predicted molar refractivity (Wildman–Crippen MR) is 109 cm³/mol. The molecular weight excluding hydrogens is 418 g/mol. The van der Waals surface area contributed by atoms with E-state index in [4.69, 9.17) is 5.73 Å². The molecule has 0 aliphatic heterocycles. The number of nitrogen functional groups attached to an aromatic ring is 1. The number of halogens is 4. The van der Waals surface area contributed by atoms with E-state index in [9.17, 15) is 22.4 Å². The molecule has 0 saturated carbocycles. The molecule has 3 N–H and O–H groups in total. The van der Waals surface area contributed by atoms with Gasteiger partial charge < -0.3 is 11.1 Å². The van der Waals surface area contributed by atoms with Crippen molar-refractivity contribution in [2.24, 2.45) is 0 Å². The second-order valence-corrected chi connectivity index (χ2v) is 7.43. The highest BCUT2D eigenvalue weighted by Crippen LogP contribution is 2.35. The molecule has 0 radical (unpaired) electrons. The molecule has 0 atom stereocenters. The summed E-state index contributed by atoms with van der Waals surface area (Å²) in [5, 5.41) is 3.13. The number of nitrogens with two attached hydrogens (primary N) is 1. The number of fused-ring (bicyclic) bond motifs is 1. The van der Waals surface area contributed by atoms with Gasteiger partial charge in [0.2, 0.25) is 0 Å². The molecule has 4 rings (SSSR count). The van der Waals surface area contributed by atoms with Gasteiger partial charge in [-0.1, -0.05) is 0 Å². The normalized spacial score (nSPS) is 11.6. The van der Waals surface area contributed by atoms with E-state index in [2.05, 4.69) is 10.3 Å². The Kier molecular flexibility index (Phi) is 4.90. The summed E-state index contributed by atoms with van der Waals surface area (Å²) in [5.41, 5.74) is 7.04. The van der Waals surface area contributed by atoms with Gasteiger partial charge in [-0.3, -0.25) is 4.79 Å². The maximum atomic E-state index is 13.1. The molecule has 30 heavy (non-hydrogen) atoms. The monoisotopic (exact) mass is 431 g/mol. The van der Waals surface area contributed by atoms with Crippen molar-refractivity contribution in [1.82, 2.24) is 4.98 Å². The van der Waals surface area contributed by atoms with Crippen LogP contribution in [0.5, 0.6) is 0 Å². The van der Waals surface area contributed by atoms with E-state index in [0.717, 1.165) is 23.5 Å². The Morgan fingerprint density at radius 1 is 0.967 bits per heavy atom. The molecule has 0 bridgehead atoms. The van der Waals surface area contributed by atoms with Crippen molar-refractivity contribution >= 4 is 38.8 Å². The number of alkyl halides is 3. The highest BCUT2D eigenvalue weighted by atomic mass is 32.1. The maximum absolute atomic E-state index is 13.1. The third-order valence-corrected chi connectivity index (χ3v) is 5.52. The van der Waals surface area contributed by atoms with Crippen LogP contribution in [0, 0.1) is 5.82 Å². The lowest BCUT2D eigenvalue weighted by atomic mass is 10.1. The molecule has 2 heterocycles. The summed E-state index contributed by atoms with van der Waals surface area (Å²) in [4.78, 5) is 17.8. The van der Waals surface area contributed by atoms with Gasteiger partial charge in [0.05, 0.1) is 16.9 Å². The molecule has 0 aliphatic rings. The molecule has 0 aliphatic carbocycles. The zero-order chi connectivity index (χ0) is 21.5. The van der Waals surface area contributed by atoms with Crippen LogP contribution >= 0.6 is 11.3 Å². The van der Waals surface area contributed by atoms with E-state index in [1.54, 1.807) is 24.3 Å². The first kappa shape index (κ1) is 19.8. The van der Waals surface area contributed by atoms with E-state index < -0.39 is 17.6 Å². The lowest BCUT2D eigenvalue weighted by molar-refractivity contribution is -0.137. The van der Waals surface area contributed by atoms with Gasteiger partial charge in [0.15, 0.2) is 0 Å². The SMILES string of the molecule is Nc1c(C(=O)Nc2ccc(C(F)(F)F)cc2)sc2nc(-c3ccc(F)cc3)ccc12. The summed E-state index contributed by atoms with van der Waals surface area (Å²) in [6, 6.07) is 13.4. The second-order valence-electron chi connectivity index (χ2n) is 6.43. The Morgan fingerprint density at radius 2 is 1.63 bits per heavy atom. The fourth-order valence-electron chi connectivity index (χ4n) is 2.88. The van der Waals surface area contributed by atoms with Crippen molar-refractivity contribution in [1.29, 1.82) is 0 Å². The number of hydrogen-bond acceptors (Lipinski definition) is 4. The lowest BCUT2D eigenvalue weighted by Crippen LogP contribution is -2.12. The molecular formula is C21H13F4N3OS. The summed E-state index contributed by atoms with van der Waals surface area (Å²) in [5.74, 6) is -0.902. The Bertz CT molecular complexity index is 1230. The van der Waals surface area contributed by atoms with Crippen molar-refractivity contribution in [3.8, 4) is 11.3 Å². The standard InChI is InChI=1S/C21H13F4N3OS/c22-13-5-1-11(2-6-13)16-10-9-15-17(26)18(30-20(15)28-16)19(29)27-14-7-3-12(4-8-14)21(23,24)25/h1-10H,26H2,(H,27,29). The van der Waals surface area contributed by atoms with Gasteiger partial charge in [0, 0.05) is 16.6 Å². The Morgan fingerprint density at radius 3 is 2.27 bits per heavy atom. The summed E-state index contributed by atoms with van der Waals surface area (Å²) >= 11 is 1.07. The van der Waals surface area contributed by atoms with E-state index in [0.29, 0.717) is 21.5 Å². The first-order valence-corrected chi connectivity index (χ1v) is 9.47. The van der Waals surface area contributed by atoms with E-state index in [-0.39, 0.29) is 22.1 Å². The summed E-state index contributed by atoms with van der Waals surface area (Å²) in [6.07, 6.45) is -4.45. The van der Waals surface area contributed by atoms with Crippen molar-refractivity contribution in [3.05, 3.63) is 76.9 Å². The van der Waals surface area contributed by atoms with Crippen LogP contribution in [0.25, 0.3) is 21.5 Å². The smallest absolute Gasteiger partial charge is 0.397 e. The number of hydrogen-bond donors (Lipinski definition) is 2. The molecule has 0 fully saturated rings. The summed E-state index contributed by atoms with van der Waals surface area (Å²) < 4.78 is 51.1. The number of aromatic nitrogens is 1. The van der Waals surface area contributed by atoms with Crippen molar-refractivity contribution < 1.29 is 22.4 Å². The molecule has 4 aromatic rings. The minimum absolute atomic E-state index is 0.202. The minimum atomic E-state index is -4.45. The topological polar surface area (TPSA) is 68.0 Å². The van der Waals surface area contributed by atoms with Gasteiger partial charge in [-0.25, -0.2) is 9.37 Å². The number of anilines is 2. The number of thiophene rings is 1. The number of carbonyl (C=O) groups is 1. The number of nitrogens with one attached hydrogen (secondary N) is 1. The van der Waals surface area contributed by atoms with Gasteiger partial charge in [-0.2, -0.15) is 13.2 Å². The fraction of sp³-hybridized carbons (Fsp3) is 0.0476. The quantitative estimate of drug-likeness (QED) is 0.394.